The summed E-state index contributed by atoms with van der Waals surface area (Å²) in [7, 11) is 0. The van der Waals surface area contributed by atoms with E-state index in [0.29, 0.717) is 51.5 Å². The molecule has 0 saturated heterocycles. The second kappa shape index (κ2) is 20.3. The minimum atomic E-state index is -0.682. The van der Waals surface area contributed by atoms with Crippen molar-refractivity contribution >= 4 is 11.9 Å². The Morgan fingerprint density at radius 3 is 2.56 bits per heavy atom. The van der Waals surface area contributed by atoms with Crippen LogP contribution in [0.3, 0.4) is 0 Å². The monoisotopic (exact) mass is 576 g/mol. The first kappa shape index (κ1) is 34.6. The first-order valence-electron chi connectivity index (χ1n) is 14.8. The van der Waals surface area contributed by atoms with Gasteiger partial charge in [-0.25, -0.2) is 0 Å². The lowest BCUT2D eigenvalue weighted by atomic mass is 9.89. The van der Waals surface area contributed by atoms with E-state index in [9.17, 15) is 19.8 Å². The number of carbonyl (C=O) groups is 2. The van der Waals surface area contributed by atoms with Gasteiger partial charge in [0.1, 0.15) is 6.10 Å². The van der Waals surface area contributed by atoms with Crippen molar-refractivity contribution in [1.29, 1.82) is 0 Å². The van der Waals surface area contributed by atoms with Crippen LogP contribution in [0.15, 0.2) is 54.6 Å². The number of nitrogens with one attached hydrogen (secondary N) is 1. The number of aryl methyl sites for hydroxylation is 1. The molecule has 0 aromatic heterocycles. The summed E-state index contributed by atoms with van der Waals surface area (Å²) in [5.41, 5.74) is 1.13. The second-order valence-electron chi connectivity index (χ2n) is 10.5. The molecule has 5 atom stereocenters. The Hall–Kier alpha value is -2.60. The van der Waals surface area contributed by atoms with Gasteiger partial charge in [0.15, 0.2) is 0 Å². The summed E-state index contributed by atoms with van der Waals surface area (Å²) >= 11 is 0. The van der Waals surface area contributed by atoms with Crippen LogP contribution < -0.4 is 5.32 Å². The van der Waals surface area contributed by atoms with Crippen LogP contribution in [0.25, 0.3) is 0 Å². The lowest BCUT2D eigenvalue weighted by molar-refractivity contribution is -0.492. The van der Waals surface area contributed by atoms with E-state index in [-0.39, 0.29) is 42.1 Å². The number of aliphatic hydroxyl groups is 2. The molecule has 1 aliphatic rings. The van der Waals surface area contributed by atoms with E-state index in [1.54, 1.807) is 0 Å². The normalized spacial score (nSPS) is 21.6. The standard InChI is InChI=1S/C31H48N2O8/c1-2-32-30(36)16-10-4-3-9-15-26-27(29(35)23-28(26)34)21-20-25(19-18-24-13-7-5-8-14-24)41-31(37)17-11-6-12-22-40-33(38)39/h3,5,7-9,13-14,20-21,25-29,34-35,38-39H,2,4,6,10-12,15-19,22-23H2,1H3,(H,32,36)/b9-3-,21-20+/t25-,26+,27+,28-,29+/m0/s1. The Morgan fingerprint density at radius 1 is 1.05 bits per heavy atom. The third-order valence-electron chi connectivity index (χ3n) is 7.26. The van der Waals surface area contributed by atoms with Gasteiger partial charge in [0.2, 0.25) is 5.91 Å². The number of nitrogens with zero attached hydrogens (tertiary/aromatic N) is 1. The number of benzene rings is 1. The van der Waals surface area contributed by atoms with Crippen molar-refractivity contribution in [1.82, 2.24) is 10.7 Å². The van der Waals surface area contributed by atoms with Gasteiger partial charge < -0.3 is 20.3 Å². The van der Waals surface area contributed by atoms with Crippen molar-refractivity contribution in [3.05, 3.63) is 60.2 Å². The average molecular weight is 577 g/mol. The van der Waals surface area contributed by atoms with Crippen molar-refractivity contribution in [3.63, 3.8) is 0 Å². The number of hydrogen-bond acceptors (Lipinski definition) is 9. The van der Waals surface area contributed by atoms with Crippen molar-refractivity contribution in [2.45, 2.75) is 95.9 Å². The third kappa shape index (κ3) is 14.7. The lowest BCUT2D eigenvalue weighted by Gasteiger charge is -2.21. The number of unbranched alkanes of at least 4 members (excludes halogenated alkanes) is 3. The van der Waals surface area contributed by atoms with E-state index in [2.05, 4.69) is 10.2 Å². The Morgan fingerprint density at radius 2 is 1.83 bits per heavy atom. The molecule has 0 spiro atoms. The van der Waals surface area contributed by atoms with Crippen LogP contribution in [0.4, 0.5) is 0 Å². The van der Waals surface area contributed by atoms with Crippen LogP contribution >= 0.6 is 0 Å². The number of esters is 1. The fourth-order valence-electron chi connectivity index (χ4n) is 5.07. The Bertz CT molecular complexity index is 924. The molecular weight excluding hydrogens is 528 g/mol. The predicted octanol–water partition coefficient (Wildman–Crippen LogP) is 4.27. The zero-order valence-corrected chi connectivity index (χ0v) is 24.1. The van der Waals surface area contributed by atoms with E-state index < -0.39 is 18.3 Å². The topological polar surface area (TPSA) is 149 Å². The number of ether oxygens (including phenoxy) is 1. The molecule has 1 aromatic carbocycles. The molecule has 1 aliphatic carbocycles. The van der Waals surface area contributed by atoms with Crippen LogP contribution in [0.2, 0.25) is 0 Å². The van der Waals surface area contributed by atoms with Gasteiger partial charge in [-0.15, -0.1) is 0 Å². The summed E-state index contributed by atoms with van der Waals surface area (Å²) in [6.45, 7) is 2.66. The predicted molar refractivity (Wildman–Crippen MR) is 154 cm³/mol. The van der Waals surface area contributed by atoms with Crippen LogP contribution in [0, 0.1) is 11.8 Å². The van der Waals surface area contributed by atoms with Gasteiger partial charge in [0, 0.05) is 31.7 Å². The van der Waals surface area contributed by atoms with Gasteiger partial charge in [-0.3, -0.25) is 24.8 Å². The zero-order chi connectivity index (χ0) is 29.9. The number of allylic oxidation sites excluding steroid dienone is 2. The first-order valence-corrected chi connectivity index (χ1v) is 14.8. The van der Waals surface area contributed by atoms with E-state index in [1.807, 2.05) is 61.6 Å². The molecule has 0 bridgehead atoms. The highest BCUT2D eigenvalue weighted by Gasteiger charge is 2.39. The van der Waals surface area contributed by atoms with Gasteiger partial charge in [-0.05, 0) is 69.4 Å². The van der Waals surface area contributed by atoms with Crippen LogP contribution in [-0.2, 0) is 25.6 Å². The average Bonchev–Trinajstić information content (AvgIpc) is 3.21. The van der Waals surface area contributed by atoms with Gasteiger partial charge in [-0.2, -0.15) is 0 Å². The van der Waals surface area contributed by atoms with Crippen molar-refractivity contribution in [3.8, 4) is 0 Å². The highest BCUT2D eigenvalue weighted by Crippen LogP contribution is 2.36. The minimum absolute atomic E-state index is 0.0507. The highest BCUT2D eigenvalue weighted by molar-refractivity contribution is 5.75. The van der Waals surface area contributed by atoms with E-state index >= 15 is 0 Å². The van der Waals surface area contributed by atoms with Crippen LogP contribution in [-0.4, -0.2) is 69.4 Å². The summed E-state index contributed by atoms with van der Waals surface area (Å²) in [6, 6.07) is 9.95. The van der Waals surface area contributed by atoms with Crippen LogP contribution in [0.5, 0.6) is 0 Å². The smallest absolute Gasteiger partial charge is 0.306 e. The number of carbonyl (C=O) groups excluding carboxylic acids is 2. The maximum absolute atomic E-state index is 12.6. The minimum Gasteiger partial charge on any atom is -0.458 e. The molecule has 41 heavy (non-hydrogen) atoms. The molecule has 0 heterocycles. The number of aliphatic hydroxyl groups excluding tert-OH is 2. The molecule has 1 amide bonds. The van der Waals surface area contributed by atoms with Crippen LogP contribution in [0.1, 0.15) is 76.7 Å². The molecule has 0 unspecified atom stereocenters. The zero-order valence-electron chi connectivity index (χ0n) is 24.1. The molecule has 0 radical (unpaired) electrons. The third-order valence-corrected chi connectivity index (χ3v) is 7.26. The molecule has 1 aromatic rings. The summed E-state index contributed by atoms with van der Waals surface area (Å²) in [5.74, 6) is -0.684. The van der Waals surface area contributed by atoms with E-state index in [1.165, 1.54) is 0 Å². The maximum Gasteiger partial charge on any atom is 0.306 e. The fraction of sp³-hybridized carbons (Fsp3) is 0.613. The maximum atomic E-state index is 12.6. The lowest BCUT2D eigenvalue weighted by Crippen LogP contribution is -2.22. The molecule has 10 nitrogen and oxygen atoms in total. The molecule has 2 rings (SSSR count). The Labute approximate surface area is 243 Å². The number of amides is 1. The quantitative estimate of drug-likeness (QED) is 0.0664. The molecule has 0 aliphatic heterocycles. The second-order valence-corrected chi connectivity index (χ2v) is 10.5. The molecule has 1 saturated carbocycles. The Kier molecular flexibility index (Phi) is 17.1. The SMILES string of the molecule is CCNC(=O)CCC/C=C\C[C@@H]1[C@@H](/C=C/[C@H](CCc2ccccc2)OC(=O)CCCCCON(O)O)[C@H](O)C[C@@H]1O. The largest absolute Gasteiger partial charge is 0.458 e. The van der Waals surface area contributed by atoms with Gasteiger partial charge >= 0.3 is 5.97 Å². The van der Waals surface area contributed by atoms with Gasteiger partial charge in [0.25, 0.3) is 0 Å². The van der Waals surface area contributed by atoms with Crippen molar-refractivity contribution in [2.75, 3.05) is 13.2 Å². The van der Waals surface area contributed by atoms with Gasteiger partial charge in [-0.1, -0.05) is 55.0 Å². The summed E-state index contributed by atoms with van der Waals surface area (Å²) in [4.78, 5) is 28.7. The molecular formula is C31H48N2O8. The van der Waals surface area contributed by atoms with E-state index in [0.717, 1.165) is 24.8 Å². The van der Waals surface area contributed by atoms with Gasteiger partial charge in [0.05, 0.1) is 24.2 Å². The summed E-state index contributed by atoms with van der Waals surface area (Å²) < 4.78 is 5.80. The first-order chi connectivity index (χ1) is 19.8. The molecule has 5 N–H and O–H groups in total. The van der Waals surface area contributed by atoms with E-state index in [4.69, 9.17) is 15.2 Å². The van der Waals surface area contributed by atoms with Crippen molar-refractivity contribution in [2.24, 2.45) is 11.8 Å². The molecule has 230 valence electrons. The molecule has 1 fully saturated rings. The Balaban J connectivity index is 1.93. The fourth-order valence-corrected chi connectivity index (χ4v) is 5.07. The molecule has 10 heteroatoms. The number of rotatable bonds is 20. The number of hydrogen-bond donors (Lipinski definition) is 5. The van der Waals surface area contributed by atoms with Crippen molar-refractivity contribution < 1.29 is 39.8 Å². The summed E-state index contributed by atoms with van der Waals surface area (Å²) in [5, 5.41) is 40.9. The summed E-state index contributed by atoms with van der Waals surface area (Å²) in [6.07, 6.45) is 12.3. The highest BCUT2D eigenvalue weighted by atomic mass is 17.1.